The zero-order valence-corrected chi connectivity index (χ0v) is 21.7. The number of nitrogens with zero attached hydrogens (tertiary/aromatic N) is 1. The van der Waals surface area contributed by atoms with Crippen molar-refractivity contribution in [3.63, 3.8) is 0 Å². The fourth-order valence-electron chi connectivity index (χ4n) is 3.78. The maximum Gasteiger partial charge on any atom is 0.335 e. The number of hydrogen-bond acceptors (Lipinski definition) is 7. The van der Waals surface area contributed by atoms with E-state index in [2.05, 4.69) is 5.32 Å². The first-order valence-electron chi connectivity index (χ1n) is 11.6. The molecule has 0 bridgehead atoms. The second kappa shape index (κ2) is 11.7. The molecule has 1 N–H and O–H groups in total. The van der Waals surface area contributed by atoms with Crippen LogP contribution in [0.2, 0.25) is 5.02 Å². The predicted octanol–water partition coefficient (Wildman–Crippen LogP) is 4.79. The van der Waals surface area contributed by atoms with E-state index >= 15 is 0 Å². The maximum absolute atomic E-state index is 13.2. The number of aryl methyl sites for hydroxylation is 1. The molecule has 0 radical (unpaired) electrons. The number of methoxy groups -OCH3 is 2. The number of anilines is 1. The lowest BCUT2D eigenvalue weighted by molar-refractivity contribution is -0.122. The summed E-state index contributed by atoms with van der Waals surface area (Å²) < 4.78 is 22.1. The number of carbonyl (C=O) groups excluding carboxylic acids is 3. The van der Waals surface area contributed by atoms with Crippen molar-refractivity contribution in [3.8, 4) is 23.0 Å². The van der Waals surface area contributed by atoms with Crippen molar-refractivity contribution in [1.82, 2.24) is 5.32 Å². The van der Waals surface area contributed by atoms with E-state index in [0.717, 1.165) is 10.5 Å². The van der Waals surface area contributed by atoms with Crippen molar-refractivity contribution in [3.05, 3.63) is 82.4 Å². The molecule has 4 rings (SSSR count). The first-order valence-corrected chi connectivity index (χ1v) is 11.9. The Hall–Kier alpha value is -4.50. The number of urea groups is 1. The second-order valence-corrected chi connectivity index (χ2v) is 8.61. The van der Waals surface area contributed by atoms with Crippen molar-refractivity contribution in [2.75, 3.05) is 32.3 Å². The smallest absolute Gasteiger partial charge is 0.335 e. The monoisotopic (exact) mass is 536 g/mol. The van der Waals surface area contributed by atoms with Gasteiger partial charge in [-0.1, -0.05) is 29.8 Å². The highest BCUT2D eigenvalue weighted by atomic mass is 35.5. The number of imide groups is 2. The van der Waals surface area contributed by atoms with Gasteiger partial charge < -0.3 is 18.9 Å². The topological polar surface area (TPSA) is 103 Å². The minimum Gasteiger partial charge on any atom is -0.497 e. The molecule has 0 unspecified atom stereocenters. The molecule has 0 atom stereocenters. The number of nitrogens with one attached hydrogen (secondary N) is 1. The van der Waals surface area contributed by atoms with Crippen LogP contribution < -0.4 is 29.2 Å². The van der Waals surface area contributed by atoms with Crippen molar-refractivity contribution < 1.29 is 33.3 Å². The van der Waals surface area contributed by atoms with Crippen molar-refractivity contribution in [2.45, 2.75) is 6.92 Å². The van der Waals surface area contributed by atoms with Crippen LogP contribution in [0.3, 0.4) is 0 Å². The Morgan fingerprint density at radius 3 is 2.37 bits per heavy atom. The van der Waals surface area contributed by atoms with Crippen LogP contribution in [-0.4, -0.2) is 45.3 Å². The minimum absolute atomic E-state index is 0.169. The molecule has 1 aliphatic rings. The quantitative estimate of drug-likeness (QED) is 0.238. The van der Waals surface area contributed by atoms with E-state index in [1.165, 1.54) is 19.3 Å². The van der Waals surface area contributed by atoms with Crippen LogP contribution in [0, 0.1) is 6.92 Å². The molecule has 1 fully saturated rings. The van der Waals surface area contributed by atoms with Gasteiger partial charge in [-0.25, -0.2) is 9.69 Å². The minimum atomic E-state index is -0.821. The fraction of sp³-hybridized carbons (Fsp3) is 0.179. The molecule has 1 aliphatic heterocycles. The second-order valence-electron chi connectivity index (χ2n) is 8.21. The molecule has 4 amide bonds. The summed E-state index contributed by atoms with van der Waals surface area (Å²) in [5.74, 6) is 0.307. The molecule has 3 aromatic carbocycles. The Morgan fingerprint density at radius 2 is 1.63 bits per heavy atom. The predicted molar refractivity (Wildman–Crippen MR) is 142 cm³/mol. The first-order chi connectivity index (χ1) is 18.3. The Kier molecular flexibility index (Phi) is 8.18. The summed E-state index contributed by atoms with van der Waals surface area (Å²) in [7, 11) is 3.02. The van der Waals surface area contributed by atoms with Crippen molar-refractivity contribution in [1.29, 1.82) is 0 Å². The molecule has 1 heterocycles. The summed E-state index contributed by atoms with van der Waals surface area (Å²) in [4.78, 5) is 39.1. The maximum atomic E-state index is 13.2. The molecule has 196 valence electrons. The molecule has 3 aromatic rings. The molecular formula is C28H25ClN2O7. The largest absolute Gasteiger partial charge is 0.497 e. The summed E-state index contributed by atoms with van der Waals surface area (Å²) in [5, 5.41) is 2.41. The van der Waals surface area contributed by atoms with Gasteiger partial charge in [-0.05, 0) is 60.5 Å². The number of carbonyl (C=O) groups is 3. The molecule has 0 aromatic heterocycles. The van der Waals surface area contributed by atoms with Crippen LogP contribution in [0.25, 0.3) is 6.08 Å². The van der Waals surface area contributed by atoms with Gasteiger partial charge in [-0.2, -0.15) is 0 Å². The van der Waals surface area contributed by atoms with E-state index in [1.807, 2.05) is 25.1 Å². The average Bonchev–Trinajstić information content (AvgIpc) is 2.89. The number of amides is 4. The van der Waals surface area contributed by atoms with Gasteiger partial charge in [0.15, 0.2) is 11.5 Å². The van der Waals surface area contributed by atoms with Crippen molar-refractivity contribution >= 4 is 41.2 Å². The van der Waals surface area contributed by atoms with Crippen LogP contribution in [0.5, 0.6) is 23.0 Å². The summed E-state index contributed by atoms with van der Waals surface area (Å²) in [6.45, 7) is 2.23. The van der Waals surface area contributed by atoms with Gasteiger partial charge in [0, 0.05) is 6.07 Å². The lowest BCUT2D eigenvalue weighted by Crippen LogP contribution is -2.54. The zero-order valence-electron chi connectivity index (χ0n) is 20.9. The lowest BCUT2D eigenvalue weighted by Gasteiger charge is -2.26. The molecule has 0 aliphatic carbocycles. The summed E-state index contributed by atoms with van der Waals surface area (Å²) >= 11 is 6.46. The van der Waals surface area contributed by atoms with E-state index in [4.69, 9.17) is 30.5 Å². The van der Waals surface area contributed by atoms with Crippen LogP contribution in [0.15, 0.2) is 66.2 Å². The molecule has 1 saturated heterocycles. The Balaban J connectivity index is 1.52. The third kappa shape index (κ3) is 5.90. The summed E-state index contributed by atoms with van der Waals surface area (Å²) in [6.07, 6.45) is 1.34. The van der Waals surface area contributed by atoms with Crippen LogP contribution >= 0.6 is 11.6 Å². The number of hydrogen-bond donors (Lipinski definition) is 1. The highest BCUT2D eigenvalue weighted by Crippen LogP contribution is 2.37. The van der Waals surface area contributed by atoms with E-state index < -0.39 is 17.8 Å². The Bertz CT molecular complexity index is 1420. The van der Waals surface area contributed by atoms with E-state index in [1.54, 1.807) is 43.5 Å². The van der Waals surface area contributed by atoms with Crippen LogP contribution in [0.1, 0.15) is 11.1 Å². The zero-order chi connectivity index (χ0) is 27.2. The number of ether oxygens (including phenoxy) is 4. The average molecular weight is 537 g/mol. The summed E-state index contributed by atoms with van der Waals surface area (Å²) in [6, 6.07) is 16.3. The number of halogens is 1. The van der Waals surface area contributed by atoms with Crippen LogP contribution in [0.4, 0.5) is 10.5 Å². The fourth-order valence-corrected chi connectivity index (χ4v) is 4.06. The van der Waals surface area contributed by atoms with E-state index in [0.29, 0.717) is 28.5 Å². The Labute approximate surface area is 224 Å². The molecular weight excluding hydrogens is 512 g/mol. The third-order valence-corrected chi connectivity index (χ3v) is 5.84. The standard InChI is InChI=1S/C28H25ClN2O7/c1-17-6-4-7-19(12-17)31-27(33)22(26(32)30-28(31)34)13-18-14-23(29)25(24(15-18)36-3)38-11-10-37-21-9-5-8-20(16-21)35-2/h4-9,12-16H,10-11H2,1-3H3,(H,30,32,34)/b22-13-. The van der Waals surface area contributed by atoms with Gasteiger partial charge in [0.25, 0.3) is 11.8 Å². The first kappa shape index (κ1) is 26.6. The van der Waals surface area contributed by atoms with Gasteiger partial charge >= 0.3 is 6.03 Å². The van der Waals surface area contributed by atoms with E-state index in [9.17, 15) is 14.4 Å². The van der Waals surface area contributed by atoms with Gasteiger partial charge in [-0.15, -0.1) is 0 Å². The van der Waals surface area contributed by atoms with Gasteiger partial charge in [0.2, 0.25) is 0 Å². The molecule has 9 nitrogen and oxygen atoms in total. The summed E-state index contributed by atoms with van der Waals surface area (Å²) in [5.41, 5.74) is 1.38. The molecule has 38 heavy (non-hydrogen) atoms. The van der Waals surface area contributed by atoms with E-state index in [-0.39, 0.29) is 29.6 Å². The number of barbiturate groups is 1. The van der Waals surface area contributed by atoms with Gasteiger partial charge in [-0.3, -0.25) is 14.9 Å². The highest BCUT2D eigenvalue weighted by molar-refractivity contribution is 6.39. The SMILES string of the molecule is COc1cccc(OCCOc2c(Cl)cc(/C=C3/C(=O)NC(=O)N(c4cccc(C)c4)C3=O)cc2OC)c1. The van der Waals surface area contributed by atoms with Crippen LogP contribution in [-0.2, 0) is 9.59 Å². The molecule has 0 spiro atoms. The number of rotatable bonds is 9. The normalized spacial score (nSPS) is 14.4. The lowest BCUT2D eigenvalue weighted by atomic mass is 10.1. The van der Waals surface area contributed by atoms with Gasteiger partial charge in [0.1, 0.15) is 30.3 Å². The van der Waals surface area contributed by atoms with Gasteiger partial charge in [0.05, 0.1) is 24.9 Å². The van der Waals surface area contributed by atoms with Crippen molar-refractivity contribution in [2.24, 2.45) is 0 Å². The molecule has 10 heteroatoms. The molecule has 0 saturated carbocycles. The number of benzene rings is 3. The highest BCUT2D eigenvalue weighted by Gasteiger charge is 2.37. The third-order valence-electron chi connectivity index (χ3n) is 5.56. The Morgan fingerprint density at radius 1 is 0.895 bits per heavy atom.